The number of carbonyl (C=O) groups is 2. The quantitative estimate of drug-likeness (QED) is 0.602. The van der Waals surface area contributed by atoms with E-state index in [4.69, 9.17) is 4.74 Å². The van der Waals surface area contributed by atoms with E-state index in [1.807, 2.05) is 0 Å². The van der Waals surface area contributed by atoms with Gasteiger partial charge in [0.05, 0.1) is 18.2 Å². The normalized spacial score (nSPS) is 10.9. The van der Waals surface area contributed by atoms with Crippen LogP contribution in [0.3, 0.4) is 0 Å². The Morgan fingerprint density at radius 2 is 1.43 bits per heavy atom. The number of ether oxygens (including phenoxy) is 1. The van der Waals surface area contributed by atoms with Crippen molar-refractivity contribution in [2.45, 2.75) is 6.18 Å². The minimum absolute atomic E-state index is 0.0123. The van der Waals surface area contributed by atoms with Crippen molar-refractivity contribution in [3.8, 4) is 5.75 Å². The van der Waals surface area contributed by atoms with Crippen molar-refractivity contribution >= 4 is 23.2 Å². The third-order valence-corrected chi connectivity index (χ3v) is 4.18. The van der Waals surface area contributed by atoms with Crippen LogP contribution < -0.4 is 15.4 Å². The van der Waals surface area contributed by atoms with Gasteiger partial charge in [-0.1, -0.05) is 24.3 Å². The number of amides is 2. The maximum absolute atomic E-state index is 12.8. The molecule has 0 saturated carbocycles. The smallest absolute Gasteiger partial charge is 0.416 e. The Morgan fingerprint density at radius 3 is 2.13 bits per heavy atom. The molecule has 5 nitrogen and oxygen atoms in total. The molecular formula is C22H17F3N2O3. The number of nitrogens with one attached hydrogen (secondary N) is 2. The molecule has 8 heteroatoms. The molecule has 0 saturated heterocycles. The number of alkyl halides is 3. The number of methoxy groups -OCH3 is 1. The molecule has 0 aliphatic carbocycles. The zero-order valence-corrected chi connectivity index (χ0v) is 15.8. The first-order valence-electron chi connectivity index (χ1n) is 8.81. The van der Waals surface area contributed by atoms with Gasteiger partial charge in [0.15, 0.2) is 0 Å². The van der Waals surface area contributed by atoms with Crippen LogP contribution in [0.2, 0.25) is 0 Å². The Hall–Kier alpha value is -3.81. The van der Waals surface area contributed by atoms with E-state index in [9.17, 15) is 22.8 Å². The molecule has 30 heavy (non-hydrogen) atoms. The van der Waals surface area contributed by atoms with Crippen LogP contribution in [0.25, 0.3) is 0 Å². The van der Waals surface area contributed by atoms with Gasteiger partial charge in [0.2, 0.25) is 0 Å². The maximum Gasteiger partial charge on any atom is 0.416 e. The van der Waals surface area contributed by atoms with Crippen molar-refractivity contribution in [2.75, 3.05) is 17.7 Å². The second-order valence-electron chi connectivity index (χ2n) is 6.27. The molecule has 0 heterocycles. The van der Waals surface area contributed by atoms with Gasteiger partial charge >= 0.3 is 6.18 Å². The summed E-state index contributed by atoms with van der Waals surface area (Å²) in [6.45, 7) is 0. The molecule has 0 aliphatic rings. The number of anilines is 2. The first kappa shape index (κ1) is 20.9. The van der Waals surface area contributed by atoms with E-state index >= 15 is 0 Å². The van der Waals surface area contributed by atoms with Crippen molar-refractivity contribution in [1.29, 1.82) is 0 Å². The lowest BCUT2D eigenvalue weighted by atomic mass is 10.1. The van der Waals surface area contributed by atoms with E-state index in [2.05, 4.69) is 10.6 Å². The van der Waals surface area contributed by atoms with E-state index in [1.54, 1.807) is 36.4 Å². The Kier molecular flexibility index (Phi) is 6.06. The monoisotopic (exact) mass is 414 g/mol. The van der Waals surface area contributed by atoms with Gasteiger partial charge in [-0.25, -0.2) is 0 Å². The molecule has 2 N–H and O–H groups in total. The van der Waals surface area contributed by atoms with Crippen LogP contribution in [0, 0.1) is 0 Å². The SMILES string of the molecule is COc1ccccc1C(=O)Nc1cccc(C(=O)Nc2cccc(C(F)(F)F)c2)c1. The summed E-state index contributed by atoms with van der Waals surface area (Å²) in [5, 5.41) is 5.10. The van der Waals surface area contributed by atoms with Gasteiger partial charge < -0.3 is 15.4 Å². The average Bonchev–Trinajstić information content (AvgIpc) is 2.73. The molecule has 0 unspecified atom stereocenters. The van der Waals surface area contributed by atoms with Gasteiger partial charge in [0, 0.05) is 16.9 Å². The van der Waals surface area contributed by atoms with Crippen molar-refractivity contribution in [2.24, 2.45) is 0 Å². The predicted octanol–water partition coefficient (Wildman–Crippen LogP) is 5.22. The highest BCUT2D eigenvalue weighted by atomic mass is 19.4. The van der Waals surface area contributed by atoms with Gasteiger partial charge in [-0.3, -0.25) is 9.59 Å². The van der Waals surface area contributed by atoms with E-state index in [-0.39, 0.29) is 11.3 Å². The van der Waals surface area contributed by atoms with Crippen LogP contribution in [0.15, 0.2) is 72.8 Å². The molecule has 0 atom stereocenters. The molecule has 2 amide bonds. The van der Waals surface area contributed by atoms with Crippen molar-refractivity contribution in [3.05, 3.63) is 89.5 Å². The molecule has 0 aliphatic heterocycles. The summed E-state index contributed by atoms with van der Waals surface area (Å²) < 4.78 is 43.7. The van der Waals surface area contributed by atoms with Gasteiger partial charge in [0.25, 0.3) is 11.8 Å². The lowest BCUT2D eigenvalue weighted by Gasteiger charge is -2.11. The molecule has 154 valence electrons. The number of hydrogen-bond acceptors (Lipinski definition) is 3. The van der Waals surface area contributed by atoms with Crippen LogP contribution in [0.1, 0.15) is 26.3 Å². The molecule has 0 bridgehead atoms. The fourth-order valence-corrected chi connectivity index (χ4v) is 2.75. The van der Waals surface area contributed by atoms with Crippen LogP contribution in [0.4, 0.5) is 24.5 Å². The van der Waals surface area contributed by atoms with E-state index < -0.39 is 23.6 Å². The van der Waals surface area contributed by atoms with Crippen molar-refractivity contribution in [1.82, 2.24) is 0 Å². The molecule has 0 fully saturated rings. The second kappa shape index (κ2) is 8.69. The van der Waals surface area contributed by atoms with Crippen LogP contribution in [-0.4, -0.2) is 18.9 Å². The van der Waals surface area contributed by atoms with Crippen LogP contribution >= 0.6 is 0 Å². The highest BCUT2D eigenvalue weighted by molar-refractivity contribution is 6.08. The summed E-state index contributed by atoms with van der Waals surface area (Å²) in [7, 11) is 1.45. The Morgan fingerprint density at radius 1 is 0.800 bits per heavy atom. The first-order valence-corrected chi connectivity index (χ1v) is 8.81. The summed E-state index contributed by atoms with van der Waals surface area (Å²) in [6.07, 6.45) is -4.51. The van der Waals surface area contributed by atoms with Crippen LogP contribution in [-0.2, 0) is 6.18 Å². The number of para-hydroxylation sites is 1. The number of rotatable bonds is 5. The lowest BCUT2D eigenvalue weighted by molar-refractivity contribution is -0.137. The largest absolute Gasteiger partial charge is 0.496 e. The Labute approximate surface area is 170 Å². The Balaban J connectivity index is 1.75. The summed E-state index contributed by atoms with van der Waals surface area (Å²) in [5.41, 5.74) is -0.0111. The summed E-state index contributed by atoms with van der Waals surface area (Å²) in [6, 6.07) is 17.1. The molecule has 3 rings (SSSR count). The molecule has 0 radical (unpaired) electrons. The summed E-state index contributed by atoms with van der Waals surface area (Å²) in [5.74, 6) is -0.640. The highest BCUT2D eigenvalue weighted by Gasteiger charge is 2.30. The predicted molar refractivity (Wildman–Crippen MR) is 107 cm³/mol. The molecular weight excluding hydrogens is 397 g/mol. The second-order valence-corrected chi connectivity index (χ2v) is 6.27. The summed E-state index contributed by atoms with van der Waals surface area (Å²) in [4.78, 5) is 25.0. The fraction of sp³-hybridized carbons (Fsp3) is 0.0909. The third kappa shape index (κ3) is 4.96. The Bertz CT molecular complexity index is 1080. The number of benzene rings is 3. The van der Waals surface area contributed by atoms with Gasteiger partial charge in [-0.05, 0) is 48.5 Å². The van der Waals surface area contributed by atoms with Crippen molar-refractivity contribution in [3.63, 3.8) is 0 Å². The zero-order valence-electron chi connectivity index (χ0n) is 15.8. The van der Waals surface area contributed by atoms with Crippen molar-refractivity contribution < 1.29 is 27.5 Å². The molecule has 0 spiro atoms. The maximum atomic E-state index is 12.8. The standard InChI is InChI=1S/C22H17F3N2O3/c1-30-19-11-3-2-10-18(19)21(29)27-16-8-4-6-14(12-16)20(28)26-17-9-5-7-15(13-17)22(23,24)25/h2-13H,1H3,(H,26,28)(H,27,29). The van der Waals surface area contributed by atoms with Gasteiger partial charge in [-0.2, -0.15) is 13.2 Å². The zero-order chi connectivity index (χ0) is 21.7. The topological polar surface area (TPSA) is 67.4 Å². The highest BCUT2D eigenvalue weighted by Crippen LogP contribution is 2.30. The van der Waals surface area contributed by atoms with E-state index in [0.29, 0.717) is 17.0 Å². The lowest BCUT2D eigenvalue weighted by Crippen LogP contribution is -2.15. The molecule has 3 aromatic rings. The minimum Gasteiger partial charge on any atom is -0.496 e. The number of hydrogen-bond donors (Lipinski definition) is 2. The van der Waals surface area contributed by atoms with Gasteiger partial charge in [-0.15, -0.1) is 0 Å². The first-order chi connectivity index (χ1) is 14.3. The minimum atomic E-state index is -4.51. The summed E-state index contributed by atoms with van der Waals surface area (Å²) >= 11 is 0. The number of carbonyl (C=O) groups excluding carboxylic acids is 2. The average molecular weight is 414 g/mol. The van der Waals surface area contributed by atoms with Crippen LogP contribution in [0.5, 0.6) is 5.75 Å². The third-order valence-electron chi connectivity index (χ3n) is 4.18. The fourth-order valence-electron chi connectivity index (χ4n) is 2.75. The molecule has 0 aromatic heterocycles. The number of halogens is 3. The van der Waals surface area contributed by atoms with E-state index in [0.717, 1.165) is 12.1 Å². The molecule has 3 aromatic carbocycles. The van der Waals surface area contributed by atoms with E-state index in [1.165, 1.54) is 31.4 Å². The van der Waals surface area contributed by atoms with Gasteiger partial charge in [0.1, 0.15) is 5.75 Å².